The van der Waals surface area contributed by atoms with Crippen LogP contribution in [-0.4, -0.2) is 37.6 Å². The maximum atomic E-state index is 12.9. The predicted octanol–water partition coefficient (Wildman–Crippen LogP) is 5.75. The second-order valence-corrected chi connectivity index (χ2v) is 7.91. The Balaban J connectivity index is 0.000000728. The molecule has 0 aromatic carbocycles. The van der Waals surface area contributed by atoms with Crippen molar-refractivity contribution in [1.29, 1.82) is 0 Å². The minimum atomic E-state index is -0.247. The normalized spacial score (nSPS) is 15.5. The van der Waals surface area contributed by atoms with Gasteiger partial charge in [0.1, 0.15) is 5.82 Å². The molecule has 2 saturated carbocycles. The summed E-state index contributed by atoms with van der Waals surface area (Å²) in [6.45, 7) is 8.00. The zero-order valence-electron chi connectivity index (χ0n) is 20.3. The van der Waals surface area contributed by atoms with Gasteiger partial charge >= 0.3 is 0 Å². The van der Waals surface area contributed by atoms with Crippen LogP contribution in [-0.2, 0) is 0 Å². The predicted molar refractivity (Wildman–Crippen MR) is 135 cm³/mol. The highest BCUT2D eigenvalue weighted by atomic mass is 16.2. The van der Waals surface area contributed by atoms with Crippen LogP contribution >= 0.6 is 0 Å². The highest BCUT2D eigenvalue weighted by Gasteiger charge is 2.24. The second-order valence-electron chi connectivity index (χ2n) is 7.91. The van der Waals surface area contributed by atoms with Gasteiger partial charge in [0.2, 0.25) is 0 Å². The number of carbonyl (C=O) groups excluding carboxylic acids is 1. The molecule has 0 spiro atoms. The van der Waals surface area contributed by atoms with E-state index in [0.717, 1.165) is 37.2 Å². The van der Waals surface area contributed by atoms with Crippen LogP contribution in [0.3, 0.4) is 0 Å². The van der Waals surface area contributed by atoms with Crippen LogP contribution < -0.4 is 16.0 Å². The lowest BCUT2D eigenvalue weighted by molar-refractivity contribution is 0.102. The fraction of sp³-hybridized carbons (Fsp3) is 0.520. The fourth-order valence-corrected chi connectivity index (χ4v) is 3.83. The SMILES string of the molecule is CC.CC.O=C(Nc1ccncc1)c1cnc2c(NC3CC3)cc(NC3CCCCC3)nn12. The summed E-state index contributed by atoms with van der Waals surface area (Å²) in [5, 5.41) is 14.7. The number of pyridine rings is 1. The van der Waals surface area contributed by atoms with E-state index in [0.29, 0.717) is 29.1 Å². The van der Waals surface area contributed by atoms with Gasteiger partial charge in [-0.25, -0.2) is 9.50 Å². The Bertz CT molecular complexity index is 1010. The molecule has 5 rings (SSSR count). The van der Waals surface area contributed by atoms with Gasteiger partial charge in [0, 0.05) is 36.2 Å². The lowest BCUT2D eigenvalue weighted by Gasteiger charge is -2.23. The first kappa shape index (κ1) is 24.5. The average Bonchev–Trinajstić information content (AvgIpc) is 3.58. The number of rotatable bonds is 6. The number of aromatic nitrogens is 4. The van der Waals surface area contributed by atoms with Crippen LogP contribution in [0.5, 0.6) is 0 Å². The van der Waals surface area contributed by atoms with Gasteiger partial charge in [0.15, 0.2) is 11.3 Å². The van der Waals surface area contributed by atoms with E-state index in [2.05, 4.69) is 25.9 Å². The van der Waals surface area contributed by atoms with E-state index in [9.17, 15) is 4.79 Å². The molecule has 178 valence electrons. The molecule has 0 atom stereocenters. The molecule has 3 heterocycles. The minimum absolute atomic E-state index is 0.247. The van der Waals surface area contributed by atoms with E-state index in [1.165, 1.54) is 19.3 Å². The van der Waals surface area contributed by atoms with Gasteiger partial charge in [-0.05, 0) is 37.8 Å². The maximum absolute atomic E-state index is 12.9. The molecule has 0 saturated heterocycles. The molecule has 1 amide bonds. The first-order valence-electron chi connectivity index (χ1n) is 12.4. The van der Waals surface area contributed by atoms with Crippen LogP contribution in [0.4, 0.5) is 17.2 Å². The average molecular weight is 452 g/mol. The molecule has 0 unspecified atom stereocenters. The quantitative estimate of drug-likeness (QED) is 0.442. The van der Waals surface area contributed by atoms with Crippen molar-refractivity contribution in [2.75, 3.05) is 16.0 Å². The van der Waals surface area contributed by atoms with Gasteiger partial charge in [-0.15, -0.1) is 5.10 Å². The van der Waals surface area contributed by atoms with E-state index in [-0.39, 0.29) is 5.91 Å². The fourth-order valence-electron chi connectivity index (χ4n) is 3.83. The molecule has 8 heteroatoms. The molecule has 33 heavy (non-hydrogen) atoms. The largest absolute Gasteiger partial charge is 0.379 e. The van der Waals surface area contributed by atoms with Crippen molar-refractivity contribution >= 4 is 28.7 Å². The lowest BCUT2D eigenvalue weighted by Crippen LogP contribution is -2.24. The van der Waals surface area contributed by atoms with Gasteiger partial charge in [-0.3, -0.25) is 9.78 Å². The molecule has 0 radical (unpaired) electrons. The topological polar surface area (TPSA) is 96.2 Å². The molecule has 2 aliphatic carbocycles. The van der Waals surface area contributed by atoms with Crippen LogP contribution in [0.1, 0.15) is 83.1 Å². The number of carbonyl (C=O) groups is 1. The maximum Gasteiger partial charge on any atom is 0.276 e. The number of hydrogen-bond acceptors (Lipinski definition) is 6. The molecular formula is C25H37N7O. The first-order valence-corrected chi connectivity index (χ1v) is 12.4. The summed E-state index contributed by atoms with van der Waals surface area (Å²) in [4.78, 5) is 21.3. The van der Waals surface area contributed by atoms with Gasteiger partial charge < -0.3 is 16.0 Å². The van der Waals surface area contributed by atoms with Gasteiger partial charge in [0.25, 0.3) is 5.91 Å². The molecule has 2 aliphatic rings. The Morgan fingerprint density at radius 3 is 2.27 bits per heavy atom. The summed E-state index contributed by atoms with van der Waals surface area (Å²) in [6.07, 6.45) is 13.3. The van der Waals surface area contributed by atoms with Crippen molar-refractivity contribution in [3.05, 3.63) is 42.5 Å². The number of fused-ring (bicyclic) bond motifs is 1. The number of anilines is 3. The number of nitrogens with one attached hydrogen (secondary N) is 3. The zero-order valence-corrected chi connectivity index (χ0v) is 20.3. The van der Waals surface area contributed by atoms with E-state index in [4.69, 9.17) is 5.10 Å². The van der Waals surface area contributed by atoms with Crippen molar-refractivity contribution in [2.24, 2.45) is 0 Å². The second kappa shape index (κ2) is 12.2. The summed E-state index contributed by atoms with van der Waals surface area (Å²) in [5.41, 5.74) is 2.69. The van der Waals surface area contributed by atoms with Crippen LogP contribution in [0.2, 0.25) is 0 Å². The first-order chi connectivity index (χ1) is 16.3. The molecule has 0 bridgehead atoms. The molecule has 3 aromatic rings. The molecule has 3 N–H and O–H groups in total. The standard InChI is InChI=1S/C21H25N7O.2C2H6/c29-21(26-16-8-10-22-11-9-16)18-13-23-20-17(24-15-6-7-15)12-19(27-28(18)20)25-14-4-2-1-3-5-14;2*1-2/h8-15,24H,1-7H2,(H,25,27)(H,22,26,29);2*1-2H3. The summed E-state index contributed by atoms with van der Waals surface area (Å²) in [6, 6.07) is 6.45. The van der Waals surface area contributed by atoms with E-state index >= 15 is 0 Å². The summed E-state index contributed by atoms with van der Waals surface area (Å²) < 4.78 is 1.65. The monoisotopic (exact) mass is 451 g/mol. The van der Waals surface area contributed by atoms with Crippen molar-refractivity contribution in [1.82, 2.24) is 19.6 Å². The van der Waals surface area contributed by atoms with Crippen LogP contribution in [0.25, 0.3) is 5.65 Å². The Hall–Kier alpha value is -3.16. The third kappa shape index (κ3) is 6.43. The van der Waals surface area contributed by atoms with Crippen molar-refractivity contribution in [3.63, 3.8) is 0 Å². The number of amides is 1. The van der Waals surface area contributed by atoms with Crippen LogP contribution in [0.15, 0.2) is 36.8 Å². The van der Waals surface area contributed by atoms with E-state index in [1.54, 1.807) is 35.2 Å². The minimum Gasteiger partial charge on any atom is -0.379 e. The Morgan fingerprint density at radius 1 is 0.939 bits per heavy atom. The molecule has 2 fully saturated rings. The van der Waals surface area contributed by atoms with E-state index in [1.807, 2.05) is 33.8 Å². The van der Waals surface area contributed by atoms with E-state index < -0.39 is 0 Å². The lowest BCUT2D eigenvalue weighted by atomic mass is 9.95. The highest BCUT2D eigenvalue weighted by molar-refractivity contribution is 6.03. The Morgan fingerprint density at radius 2 is 1.61 bits per heavy atom. The van der Waals surface area contributed by atoms with Crippen molar-refractivity contribution < 1.29 is 4.79 Å². The smallest absolute Gasteiger partial charge is 0.276 e. The van der Waals surface area contributed by atoms with Crippen LogP contribution in [0, 0.1) is 0 Å². The Kier molecular flexibility index (Phi) is 9.04. The molecular weight excluding hydrogens is 414 g/mol. The Labute approximate surface area is 196 Å². The summed E-state index contributed by atoms with van der Waals surface area (Å²) in [5.74, 6) is 0.534. The summed E-state index contributed by atoms with van der Waals surface area (Å²) in [7, 11) is 0. The van der Waals surface area contributed by atoms with Crippen molar-refractivity contribution in [2.45, 2.75) is 84.7 Å². The molecule has 3 aromatic heterocycles. The number of imidazole rings is 1. The zero-order chi connectivity index (χ0) is 23.6. The third-order valence-electron chi connectivity index (χ3n) is 5.53. The summed E-state index contributed by atoms with van der Waals surface area (Å²) >= 11 is 0. The number of nitrogens with zero attached hydrogens (tertiary/aromatic N) is 4. The molecule has 8 nitrogen and oxygen atoms in total. The van der Waals surface area contributed by atoms with Gasteiger partial charge in [-0.1, -0.05) is 47.0 Å². The highest BCUT2D eigenvalue weighted by Crippen LogP contribution is 2.29. The van der Waals surface area contributed by atoms with Gasteiger partial charge in [-0.2, -0.15) is 0 Å². The third-order valence-corrected chi connectivity index (χ3v) is 5.53. The number of hydrogen-bond donors (Lipinski definition) is 3. The van der Waals surface area contributed by atoms with Crippen molar-refractivity contribution in [3.8, 4) is 0 Å². The molecule has 0 aliphatic heterocycles. The van der Waals surface area contributed by atoms with Gasteiger partial charge in [0.05, 0.1) is 11.9 Å².